The third-order valence-electron chi connectivity index (χ3n) is 12.8. The Balaban J connectivity index is 0.00000469. The zero-order valence-corrected chi connectivity index (χ0v) is 37.7. The normalized spacial score (nSPS) is 12.6. The second-order valence-electron chi connectivity index (χ2n) is 16.5. The first-order valence-electron chi connectivity index (χ1n) is 22.0. The van der Waals surface area contributed by atoms with Crippen LogP contribution in [0.1, 0.15) is 22.6 Å². The average molecular weight is 945 g/mol. The standard InChI is InChI=1S/C61H43N3.HI/c1-5-17-45(18-6-1)61-55-27-14-13-25-53(55)57-41-51(37-39-56(57)61)62(46-19-7-2-8-20-46)49-33-29-43(30-34-49)44-31-35-50(36-32-44)63(47-21-9-3-10-22-47)52-38-40-60-58(42-52)54-26-15-16-28-59(54)64(60)48-23-11-4-12-24-48;/h1-42,61H;1H/p-1. The summed E-state index contributed by atoms with van der Waals surface area (Å²) in [6.07, 6.45) is 0. The first-order chi connectivity index (χ1) is 31.8. The van der Waals surface area contributed by atoms with Crippen LogP contribution in [-0.4, -0.2) is 4.57 Å². The van der Waals surface area contributed by atoms with Gasteiger partial charge in [0.15, 0.2) is 0 Å². The lowest BCUT2D eigenvalue weighted by atomic mass is 9.89. The van der Waals surface area contributed by atoms with Crippen molar-refractivity contribution < 1.29 is 24.0 Å². The minimum absolute atomic E-state index is 0. The molecule has 0 saturated carbocycles. The quantitative estimate of drug-likeness (QED) is 0.134. The minimum atomic E-state index is 0. The van der Waals surface area contributed by atoms with Crippen LogP contribution >= 0.6 is 0 Å². The molecule has 11 aromatic rings. The van der Waals surface area contributed by atoms with E-state index in [2.05, 4.69) is 269 Å². The van der Waals surface area contributed by atoms with Gasteiger partial charge in [0.1, 0.15) is 0 Å². The number of halogens is 1. The summed E-state index contributed by atoms with van der Waals surface area (Å²) in [7, 11) is 0. The first-order valence-corrected chi connectivity index (χ1v) is 22.0. The molecular formula is C61H43IN3-. The molecule has 65 heavy (non-hydrogen) atoms. The Labute approximate surface area is 397 Å². The molecule has 0 spiro atoms. The van der Waals surface area contributed by atoms with E-state index >= 15 is 0 Å². The van der Waals surface area contributed by atoms with Crippen molar-refractivity contribution in [3.8, 4) is 27.9 Å². The highest BCUT2D eigenvalue weighted by Crippen LogP contribution is 2.50. The molecule has 1 heterocycles. The molecule has 12 rings (SSSR count). The number of rotatable bonds is 9. The lowest BCUT2D eigenvalue weighted by Crippen LogP contribution is -3.00. The zero-order valence-electron chi connectivity index (χ0n) is 35.5. The van der Waals surface area contributed by atoms with E-state index in [0.717, 1.165) is 45.4 Å². The Kier molecular flexibility index (Phi) is 10.6. The average Bonchev–Trinajstić information content (AvgIpc) is 3.88. The van der Waals surface area contributed by atoms with Crippen LogP contribution in [0.15, 0.2) is 255 Å². The summed E-state index contributed by atoms with van der Waals surface area (Å²) in [5, 5.41) is 2.46. The second-order valence-corrected chi connectivity index (χ2v) is 16.5. The highest BCUT2D eigenvalue weighted by Gasteiger charge is 2.30. The second kappa shape index (κ2) is 17.1. The fourth-order valence-corrected chi connectivity index (χ4v) is 9.94. The lowest BCUT2D eigenvalue weighted by Gasteiger charge is -2.27. The largest absolute Gasteiger partial charge is 1.00 e. The summed E-state index contributed by atoms with van der Waals surface area (Å²) in [5.74, 6) is 0.217. The number of fused-ring (bicyclic) bond motifs is 6. The topological polar surface area (TPSA) is 11.4 Å². The molecule has 0 radical (unpaired) electrons. The van der Waals surface area contributed by atoms with Crippen molar-refractivity contribution in [2.24, 2.45) is 0 Å². The highest BCUT2D eigenvalue weighted by atomic mass is 127. The van der Waals surface area contributed by atoms with Gasteiger partial charge in [-0.1, -0.05) is 158 Å². The number of hydrogen-bond acceptors (Lipinski definition) is 2. The van der Waals surface area contributed by atoms with E-state index in [-0.39, 0.29) is 29.9 Å². The fourth-order valence-electron chi connectivity index (χ4n) is 9.94. The summed E-state index contributed by atoms with van der Waals surface area (Å²) < 4.78 is 2.37. The summed E-state index contributed by atoms with van der Waals surface area (Å²) in [6, 6.07) is 92.4. The predicted octanol–water partition coefficient (Wildman–Crippen LogP) is 13.6. The molecule has 0 N–H and O–H groups in total. The van der Waals surface area contributed by atoms with Crippen LogP contribution in [-0.2, 0) is 0 Å². The van der Waals surface area contributed by atoms with Gasteiger partial charge in [0.25, 0.3) is 0 Å². The van der Waals surface area contributed by atoms with Gasteiger partial charge < -0.3 is 38.3 Å². The number of nitrogens with zero attached hydrogens (tertiary/aromatic N) is 3. The van der Waals surface area contributed by atoms with E-state index < -0.39 is 0 Å². The summed E-state index contributed by atoms with van der Waals surface area (Å²) in [6.45, 7) is 0. The third-order valence-corrected chi connectivity index (χ3v) is 12.8. The van der Waals surface area contributed by atoms with Crippen LogP contribution in [0.3, 0.4) is 0 Å². The van der Waals surface area contributed by atoms with Gasteiger partial charge >= 0.3 is 0 Å². The van der Waals surface area contributed by atoms with Gasteiger partial charge in [-0.05, 0) is 136 Å². The molecule has 0 aliphatic heterocycles. The Morgan fingerprint density at radius 2 is 0.754 bits per heavy atom. The van der Waals surface area contributed by atoms with Crippen molar-refractivity contribution in [2.45, 2.75) is 5.92 Å². The fraction of sp³-hybridized carbons (Fsp3) is 0.0164. The Hall–Kier alpha value is -7.67. The van der Waals surface area contributed by atoms with Crippen LogP contribution in [0.4, 0.5) is 34.1 Å². The SMILES string of the molecule is [I-].c1ccc(C2c3ccccc3-c3cc(N(c4ccccc4)c4ccc(-c5ccc(N(c6ccccc6)c6ccc7c(c6)c6ccccc6n7-c6ccccc6)cc5)cc4)ccc32)cc1. The van der Waals surface area contributed by atoms with Crippen molar-refractivity contribution in [3.05, 3.63) is 271 Å². The smallest absolute Gasteiger partial charge is 0.0542 e. The van der Waals surface area contributed by atoms with Crippen LogP contribution in [0.25, 0.3) is 49.7 Å². The Morgan fingerprint density at radius 3 is 1.38 bits per heavy atom. The van der Waals surface area contributed by atoms with Gasteiger partial charge in [0.2, 0.25) is 0 Å². The van der Waals surface area contributed by atoms with Gasteiger partial charge in [-0.25, -0.2) is 0 Å². The van der Waals surface area contributed by atoms with Crippen molar-refractivity contribution in [3.63, 3.8) is 0 Å². The molecular weight excluding hydrogens is 902 g/mol. The summed E-state index contributed by atoms with van der Waals surface area (Å²) >= 11 is 0. The summed E-state index contributed by atoms with van der Waals surface area (Å²) in [4.78, 5) is 4.73. The highest BCUT2D eigenvalue weighted by molar-refractivity contribution is 6.10. The third kappa shape index (κ3) is 7.17. The zero-order chi connectivity index (χ0) is 42.4. The van der Waals surface area contributed by atoms with E-state index in [4.69, 9.17) is 0 Å². The van der Waals surface area contributed by atoms with E-state index in [0.29, 0.717) is 0 Å². The maximum atomic E-state index is 2.38. The summed E-state index contributed by atoms with van der Waals surface area (Å²) in [5.41, 5.74) is 19.2. The number of hydrogen-bond donors (Lipinski definition) is 0. The van der Waals surface area contributed by atoms with E-state index in [9.17, 15) is 0 Å². The number of benzene rings is 10. The molecule has 0 saturated heterocycles. The van der Waals surface area contributed by atoms with E-state index in [1.165, 1.54) is 55.2 Å². The van der Waals surface area contributed by atoms with Gasteiger partial charge in [-0.3, -0.25) is 0 Å². The first kappa shape index (κ1) is 40.1. The van der Waals surface area contributed by atoms with E-state index in [1.54, 1.807) is 0 Å². The molecule has 3 nitrogen and oxygen atoms in total. The molecule has 310 valence electrons. The molecule has 1 unspecified atom stereocenters. The van der Waals surface area contributed by atoms with Crippen LogP contribution in [0.2, 0.25) is 0 Å². The van der Waals surface area contributed by atoms with Crippen molar-refractivity contribution in [1.82, 2.24) is 4.57 Å². The van der Waals surface area contributed by atoms with Crippen LogP contribution < -0.4 is 33.8 Å². The Bertz CT molecular complexity index is 3420. The number of anilines is 6. The van der Waals surface area contributed by atoms with Gasteiger partial charge in [0.05, 0.1) is 11.0 Å². The Morgan fingerprint density at radius 1 is 0.308 bits per heavy atom. The van der Waals surface area contributed by atoms with Crippen molar-refractivity contribution in [2.75, 3.05) is 9.80 Å². The van der Waals surface area contributed by atoms with E-state index in [1.807, 2.05) is 0 Å². The van der Waals surface area contributed by atoms with Crippen molar-refractivity contribution >= 4 is 55.9 Å². The molecule has 1 aliphatic rings. The van der Waals surface area contributed by atoms with Gasteiger partial charge in [-0.2, -0.15) is 0 Å². The minimum Gasteiger partial charge on any atom is -1.00 e. The molecule has 10 aromatic carbocycles. The molecule has 0 fully saturated rings. The molecule has 1 aromatic heterocycles. The number of aromatic nitrogens is 1. The van der Waals surface area contributed by atoms with Crippen LogP contribution in [0, 0.1) is 0 Å². The van der Waals surface area contributed by atoms with Gasteiger partial charge in [-0.15, -0.1) is 0 Å². The van der Waals surface area contributed by atoms with Crippen molar-refractivity contribution in [1.29, 1.82) is 0 Å². The molecule has 1 aliphatic carbocycles. The van der Waals surface area contributed by atoms with Gasteiger partial charge in [0, 0.05) is 56.5 Å². The lowest BCUT2D eigenvalue weighted by molar-refractivity contribution is -0.0000120. The maximum Gasteiger partial charge on any atom is 0.0542 e. The number of para-hydroxylation sites is 4. The molecule has 0 amide bonds. The molecule has 4 heteroatoms. The molecule has 1 atom stereocenters. The van der Waals surface area contributed by atoms with Crippen LogP contribution in [0.5, 0.6) is 0 Å². The molecule has 0 bridgehead atoms. The maximum absolute atomic E-state index is 2.38. The predicted molar refractivity (Wildman–Crippen MR) is 268 cm³/mol. The monoisotopic (exact) mass is 944 g/mol.